The van der Waals surface area contributed by atoms with Crippen molar-refractivity contribution in [1.82, 2.24) is 4.98 Å². The topological polar surface area (TPSA) is 62.2 Å². The smallest absolute Gasteiger partial charge is 0.339 e. The number of carbonyl (C=O) groups is 1. The van der Waals surface area contributed by atoms with Crippen LogP contribution in [0.4, 0.5) is 11.5 Å². The minimum Gasteiger partial charge on any atom is -0.478 e. The molecule has 4 nitrogen and oxygen atoms in total. The fourth-order valence-electron chi connectivity index (χ4n) is 2.98. The summed E-state index contributed by atoms with van der Waals surface area (Å²) in [5.41, 5.74) is 5.41. The van der Waals surface area contributed by atoms with E-state index in [4.69, 9.17) is 0 Å². The van der Waals surface area contributed by atoms with Crippen molar-refractivity contribution in [3.05, 3.63) is 52.2 Å². The Morgan fingerprint density at radius 3 is 2.71 bits per heavy atom. The summed E-state index contributed by atoms with van der Waals surface area (Å²) in [6.07, 6.45) is 3.43. The van der Waals surface area contributed by atoms with E-state index in [0.29, 0.717) is 5.82 Å². The molecule has 0 aliphatic heterocycles. The van der Waals surface area contributed by atoms with Crippen molar-refractivity contribution < 1.29 is 9.90 Å². The Balaban J connectivity index is 1.99. The van der Waals surface area contributed by atoms with Crippen molar-refractivity contribution in [1.29, 1.82) is 0 Å². The Morgan fingerprint density at radius 1 is 1.19 bits per heavy atom. The third kappa shape index (κ3) is 2.61. The number of nitrogens with one attached hydrogen (secondary N) is 1. The highest BCUT2D eigenvalue weighted by molar-refractivity contribution is 5.95. The van der Waals surface area contributed by atoms with Gasteiger partial charge < -0.3 is 10.4 Å². The lowest BCUT2D eigenvalue weighted by Gasteiger charge is -2.13. The van der Waals surface area contributed by atoms with E-state index in [1.165, 1.54) is 17.5 Å². The number of rotatable bonds is 3. The number of aryl methyl sites for hydroxylation is 4. The molecule has 0 amide bonds. The second kappa shape index (κ2) is 5.20. The maximum absolute atomic E-state index is 11.5. The van der Waals surface area contributed by atoms with E-state index < -0.39 is 5.97 Å². The zero-order valence-electron chi connectivity index (χ0n) is 12.2. The minimum atomic E-state index is -0.955. The average molecular weight is 282 g/mol. The molecule has 2 N–H and O–H groups in total. The van der Waals surface area contributed by atoms with Gasteiger partial charge in [-0.15, -0.1) is 0 Å². The molecule has 0 saturated carbocycles. The van der Waals surface area contributed by atoms with Gasteiger partial charge in [0, 0.05) is 11.4 Å². The second-order valence-corrected chi connectivity index (χ2v) is 5.57. The van der Waals surface area contributed by atoms with Crippen molar-refractivity contribution in [2.45, 2.75) is 33.1 Å². The molecule has 3 rings (SSSR count). The van der Waals surface area contributed by atoms with Crippen LogP contribution in [0.3, 0.4) is 0 Å². The molecule has 1 heterocycles. The SMILES string of the molecule is Cc1cc(C)c(C(=O)O)c(Nc2ccc3c(c2)CCC3)n1. The fourth-order valence-corrected chi connectivity index (χ4v) is 2.98. The van der Waals surface area contributed by atoms with E-state index in [1.54, 1.807) is 13.0 Å². The van der Waals surface area contributed by atoms with Gasteiger partial charge in [0.05, 0.1) is 0 Å². The normalized spacial score (nSPS) is 13.0. The predicted molar refractivity (Wildman–Crippen MR) is 82.4 cm³/mol. The molecule has 1 aliphatic rings. The molecule has 0 radical (unpaired) electrons. The number of fused-ring (bicyclic) bond motifs is 1. The Morgan fingerprint density at radius 2 is 1.95 bits per heavy atom. The Kier molecular flexibility index (Phi) is 3.37. The van der Waals surface area contributed by atoms with Crippen LogP contribution in [0.1, 0.15) is 39.2 Å². The zero-order chi connectivity index (χ0) is 15.0. The lowest BCUT2D eigenvalue weighted by molar-refractivity contribution is 0.0697. The van der Waals surface area contributed by atoms with Gasteiger partial charge in [0.15, 0.2) is 0 Å². The summed E-state index contributed by atoms with van der Waals surface area (Å²) in [5, 5.41) is 12.6. The van der Waals surface area contributed by atoms with E-state index in [9.17, 15) is 9.90 Å². The van der Waals surface area contributed by atoms with Crippen LogP contribution in [-0.4, -0.2) is 16.1 Å². The summed E-state index contributed by atoms with van der Waals surface area (Å²) in [4.78, 5) is 15.8. The second-order valence-electron chi connectivity index (χ2n) is 5.57. The molecule has 0 saturated heterocycles. The van der Waals surface area contributed by atoms with Gasteiger partial charge in [0.25, 0.3) is 0 Å². The third-order valence-corrected chi connectivity index (χ3v) is 3.92. The molecule has 0 atom stereocenters. The fraction of sp³-hybridized carbons (Fsp3) is 0.294. The molecular formula is C17H18N2O2. The third-order valence-electron chi connectivity index (χ3n) is 3.92. The van der Waals surface area contributed by atoms with E-state index in [0.717, 1.165) is 29.8 Å². The van der Waals surface area contributed by atoms with Crippen molar-refractivity contribution in [2.24, 2.45) is 0 Å². The van der Waals surface area contributed by atoms with Gasteiger partial charge in [0.2, 0.25) is 0 Å². The molecule has 1 aromatic heterocycles. The van der Waals surface area contributed by atoms with Crippen molar-refractivity contribution in [3.8, 4) is 0 Å². The van der Waals surface area contributed by atoms with Gasteiger partial charge in [0.1, 0.15) is 11.4 Å². The highest BCUT2D eigenvalue weighted by Crippen LogP contribution is 2.28. The van der Waals surface area contributed by atoms with Crippen molar-refractivity contribution >= 4 is 17.5 Å². The number of nitrogens with zero attached hydrogens (tertiary/aromatic N) is 1. The van der Waals surface area contributed by atoms with Crippen LogP contribution < -0.4 is 5.32 Å². The number of hydrogen-bond acceptors (Lipinski definition) is 3. The van der Waals surface area contributed by atoms with E-state index in [1.807, 2.05) is 13.0 Å². The van der Waals surface area contributed by atoms with Crippen molar-refractivity contribution in [3.63, 3.8) is 0 Å². The van der Waals surface area contributed by atoms with Gasteiger partial charge >= 0.3 is 5.97 Å². The van der Waals surface area contributed by atoms with E-state index in [-0.39, 0.29) is 5.56 Å². The molecule has 108 valence electrons. The van der Waals surface area contributed by atoms with Gasteiger partial charge in [-0.25, -0.2) is 9.78 Å². The minimum absolute atomic E-state index is 0.237. The molecule has 0 bridgehead atoms. The van der Waals surface area contributed by atoms with Crippen LogP contribution >= 0.6 is 0 Å². The van der Waals surface area contributed by atoms with E-state index in [2.05, 4.69) is 22.4 Å². The number of anilines is 2. The first-order valence-electron chi connectivity index (χ1n) is 7.15. The molecule has 2 aromatic rings. The summed E-state index contributed by atoms with van der Waals surface area (Å²) in [5.74, 6) is -0.540. The number of benzene rings is 1. The quantitative estimate of drug-likeness (QED) is 0.902. The summed E-state index contributed by atoms with van der Waals surface area (Å²) < 4.78 is 0. The van der Waals surface area contributed by atoms with Gasteiger partial charge in [-0.3, -0.25) is 0 Å². The first kappa shape index (κ1) is 13.6. The number of aromatic nitrogens is 1. The Hall–Kier alpha value is -2.36. The zero-order valence-corrected chi connectivity index (χ0v) is 12.2. The summed E-state index contributed by atoms with van der Waals surface area (Å²) in [6.45, 7) is 3.67. The highest BCUT2D eigenvalue weighted by Gasteiger charge is 2.17. The number of aromatic carboxylic acids is 1. The van der Waals surface area contributed by atoms with Crippen LogP contribution in [0.15, 0.2) is 24.3 Å². The maximum atomic E-state index is 11.5. The molecule has 0 spiro atoms. The van der Waals surface area contributed by atoms with Crippen LogP contribution in [-0.2, 0) is 12.8 Å². The molecule has 1 aromatic carbocycles. The number of hydrogen-bond donors (Lipinski definition) is 2. The maximum Gasteiger partial charge on any atom is 0.339 e. The molecular weight excluding hydrogens is 264 g/mol. The predicted octanol–water partition coefficient (Wildman–Crippen LogP) is 3.63. The molecule has 4 heteroatoms. The largest absolute Gasteiger partial charge is 0.478 e. The molecule has 0 unspecified atom stereocenters. The Labute approximate surface area is 123 Å². The average Bonchev–Trinajstić information content (AvgIpc) is 2.84. The number of carboxylic acids is 1. The monoisotopic (exact) mass is 282 g/mol. The first-order valence-corrected chi connectivity index (χ1v) is 7.15. The van der Waals surface area contributed by atoms with Crippen LogP contribution in [0.25, 0.3) is 0 Å². The summed E-state index contributed by atoms with van der Waals surface area (Å²) in [6, 6.07) is 8.01. The van der Waals surface area contributed by atoms with Crippen LogP contribution in [0, 0.1) is 13.8 Å². The van der Waals surface area contributed by atoms with Crippen LogP contribution in [0.2, 0.25) is 0 Å². The van der Waals surface area contributed by atoms with E-state index >= 15 is 0 Å². The number of carboxylic acid groups (broad SMARTS) is 1. The first-order chi connectivity index (χ1) is 10.0. The lowest BCUT2D eigenvalue weighted by atomic mass is 10.1. The van der Waals surface area contributed by atoms with Gasteiger partial charge in [-0.1, -0.05) is 6.07 Å². The molecule has 0 fully saturated rings. The molecule has 1 aliphatic carbocycles. The lowest BCUT2D eigenvalue weighted by Crippen LogP contribution is -2.08. The summed E-state index contributed by atoms with van der Waals surface area (Å²) >= 11 is 0. The number of pyridine rings is 1. The van der Waals surface area contributed by atoms with Gasteiger partial charge in [-0.05, 0) is 68.0 Å². The van der Waals surface area contributed by atoms with Crippen LogP contribution in [0.5, 0.6) is 0 Å². The standard InChI is InChI=1S/C17H18N2O2/c1-10-8-11(2)18-16(15(10)17(20)21)19-14-7-6-12-4-3-5-13(12)9-14/h6-9H,3-5H2,1-2H3,(H,18,19)(H,20,21). The highest BCUT2D eigenvalue weighted by atomic mass is 16.4. The molecule has 21 heavy (non-hydrogen) atoms. The Bertz CT molecular complexity index is 723. The summed E-state index contributed by atoms with van der Waals surface area (Å²) in [7, 11) is 0. The van der Waals surface area contributed by atoms with Crippen molar-refractivity contribution in [2.75, 3.05) is 5.32 Å². The van der Waals surface area contributed by atoms with Gasteiger partial charge in [-0.2, -0.15) is 0 Å².